The van der Waals surface area contributed by atoms with E-state index in [1.807, 2.05) is 0 Å². The fourth-order valence-corrected chi connectivity index (χ4v) is 1.80. The quantitative estimate of drug-likeness (QED) is 0.796. The predicted octanol–water partition coefficient (Wildman–Crippen LogP) is 1.59. The van der Waals surface area contributed by atoms with Gasteiger partial charge in [0.2, 0.25) is 0 Å². The summed E-state index contributed by atoms with van der Waals surface area (Å²) in [5.41, 5.74) is 0. The third-order valence-corrected chi connectivity index (χ3v) is 2.69. The number of halogens is 2. The van der Waals surface area contributed by atoms with Crippen molar-refractivity contribution in [1.29, 1.82) is 0 Å². The Bertz CT molecular complexity index is 474. The molecule has 0 spiro atoms. The van der Waals surface area contributed by atoms with Crippen molar-refractivity contribution >= 4 is 35.1 Å². The fourth-order valence-electron chi connectivity index (χ4n) is 1.29. The Morgan fingerprint density at radius 1 is 1.30 bits per heavy atom. The fraction of sp³-hybridized carbons (Fsp3) is 0.333. The number of hydrogen-bond donors (Lipinski definition) is 2. The summed E-state index contributed by atoms with van der Waals surface area (Å²) in [5, 5.41) is 11.9. The number of amides is 1. The van der Waals surface area contributed by atoms with Crippen LogP contribution in [-0.4, -0.2) is 43.3 Å². The van der Waals surface area contributed by atoms with Gasteiger partial charge in [0.15, 0.2) is 12.7 Å². The Labute approximate surface area is 125 Å². The van der Waals surface area contributed by atoms with Gasteiger partial charge in [-0.1, -0.05) is 23.2 Å². The van der Waals surface area contributed by atoms with E-state index in [2.05, 4.69) is 10.1 Å². The number of carbonyl (C=O) groups excluding carboxylic acids is 1. The molecular formula is C12H13Cl2NO5. The first-order valence-corrected chi connectivity index (χ1v) is 6.29. The van der Waals surface area contributed by atoms with Gasteiger partial charge in [-0.05, 0) is 18.2 Å². The van der Waals surface area contributed by atoms with Crippen molar-refractivity contribution in [3.05, 3.63) is 28.2 Å². The molecule has 0 aliphatic rings. The highest BCUT2D eigenvalue weighted by Crippen LogP contribution is 2.23. The van der Waals surface area contributed by atoms with Gasteiger partial charge in [-0.25, -0.2) is 4.79 Å². The van der Waals surface area contributed by atoms with Crippen molar-refractivity contribution in [3.63, 3.8) is 0 Å². The Kier molecular flexibility index (Phi) is 6.57. The third kappa shape index (κ3) is 5.64. The van der Waals surface area contributed by atoms with Gasteiger partial charge in [-0.3, -0.25) is 4.79 Å². The standard InChI is InChI=1S/C12H13Cl2NO5/c1-19-10(12(17)18)5-15-11(16)6-20-9-3-7(13)2-8(14)4-9/h2-4,10H,5-6H2,1H3,(H,15,16)(H,17,18). The maximum Gasteiger partial charge on any atom is 0.334 e. The van der Waals surface area contributed by atoms with Crippen molar-refractivity contribution < 1.29 is 24.2 Å². The first-order valence-electron chi connectivity index (χ1n) is 5.53. The molecule has 0 radical (unpaired) electrons. The van der Waals surface area contributed by atoms with Gasteiger partial charge in [-0.15, -0.1) is 0 Å². The summed E-state index contributed by atoms with van der Waals surface area (Å²) in [5.74, 6) is -1.29. The number of carboxylic acids is 1. The van der Waals surface area contributed by atoms with Crippen LogP contribution in [0.15, 0.2) is 18.2 Å². The molecule has 0 heterocycles. The second-order valence-corrected chi connectivity index (χ2v) is 4.63. The van der Waals surface area contributed by atoms with Crippen LogP contribution in [-0.2, 0) is 14.3 Å². The zero-order chi connectivity index (χ0) is 15.1. The van der Waals surface area contributed by atoms with E-state index >= 15 is 0 Å². The van der Waals surface area contributed by atoms with Gasteiger partial charge in [-0.2, -0.15) is 0 Å². The molecule has 20 heavy (non-hydrogen) atoms. The van der Waals surface area contributed by atoms with Crippen molar-refractivity contribution in [2.45, 2.75) is 6.10 Å². The number of ether oxygens (including phenoxy) is 2. The van der Waals surface area contributed by atoms with E-state index < -0.39 is 18.0 Å². The molecule has 6 nitrogen and oxygen atoms in total. The largest absolute Gasteiger partial charge is 0.484 e. The zero-order valence-electron chi connectivity index (χ0n) is 10.6. The minimum absolute atomic E-state index is 0.148. The lowest BCUT2D eigenvalue weighted by Crippen LogP contribution is -2.39. The third-order valence-electron chi connectivity index (χ3n) is 2.25. The van der Waals surface area contributed by atoms with E-state index in [0.717, 1.165) is 0 Å². The molecule has 1 aromatic rings. The molecule has 110 valence electrons. The molecule has 8 heteroatoms. The predicted molar refractivity (Wildman–Crippen MR) is 73.4 cm³/mol. The van der Waals surface area contributed by atoms with Crippen LogP contribution in [0.25, 0.3) is 0 Å². The van der Waals surface area contributed by atoms with Gasteiger partial charge >= 0.3 is 5.97 Å². The molecule has 0 aliphatic heterocycles. The number of rotatable bonds is 7. The van der Waals surface area contributed by atoms with E-state index in [0.29, 0.717) is 15.8 Å². The summed E-state index contributed by atoms with van der Waals surface area (Å²) < 4.78 is 9.85. The van der Waals surface area contributed by atoms with Crippen LogP contribution in [0.4, 0.5) is 0 Å². The molecule has 1 rings (SSSR count). The normalized spacial score (nSPS) is 11.8. The summed E-state index contributed by atoms with van der Waals surface area (Å²) in [4.78, 5) is 22.1. The molecule has 0 saturated carbocycles. The number of nitrogens with one attached hydrogen (secondary N) is 1. The molecule has 2 N–H and O–H groups in total. The number of benzene rings is 1. The first kappa shape index (κ1) is 16.6. The van der Waals surface area contributed by atoms with E-state index in [1.54, 1.807) is 0 Å². The second kappa shape index (κ2) is 7.94. The van der Waals surface area contributed by atoms with Crippen LogP contribution in [0, 0.1) is 0 Å². The Morgan fingerprint density at radius 2 is 1.90 bits per heavy atom. The number of carboxylic acid groups (broad SMARTS) is 1. The lowest BCUT2D eigenvalue weighted by molar-refractivity contribution is -0.148. The Hall–Kier alpha value is -1.50. The monoisotopic (exact) mass is 321 g/mol. The minimum Gasteiger partial charge on any atom is -0.484 e. The van der Waals surface area contributed by atoms with Gasteiger partial charge in [0.25, 0.3) is 5.91 Å². The summed E-state index contributed by atoms with van der Waals surface area (Å²) in [6.07, 6.45) is -1.10. The van der Waals surface area contributed by atoms with Crippen LogP contribution in [0.2, 0.25) is 10.0 Å². The molecule has 1 amide bonds. The molecule has 0 bridgehead atoms. The van der Waals surface area contributed by atoms with E-state index in [9.17, 15) is 9.59 Å². The van der Waals surface area contributed by atoms with Crippen LogP contribution in [0.3, 0.4) is 0 Å². The summed E-state index contributed by atoms with van der Waals surface area (Å²) >= 11 is 11.6. The number of methoxy groups -OCH3 is 1. The topological polar surface area (TPSA) is 84.9 Å². The first-order chi connectivity index (χ1) is 9.42. The smallest absolute Gasteiger partial charge is 0.334 e. The molecule has 1 atom stereocenters. The van der Waals surface area contributed by atoms with Crippen LogP contribution < -0.4 is 10.1 Å². The van der Waals surface area contributed by atoms with Gasteiger partial charge in [0, 0.05) is 17.2 Å². The Balaban J connectivity index is 2.41. The number of aliphatic carboxylic acids is 1. The summed E-state index contributed by atoms with van der Waals surface area (Å²) in [7, 11) is 1.25. The van der Waals surface area contributed by atoms with E-state index in [4.69, 9.17) is 33.0 Å². The summed E-state index contributed by atoms with van der Waals surface area (Å²) in [6, 6.07) is 4.55. The summed E-state index contributed by atoms with van der Waals surface area (Å²) in [6.45, 7) is -0.433. The highest BCUT2D eigenvalue weighted by molar-refractivity contribution is 6.34. The molecule has 1 unspecified atom stereocenters. The highest BCUT2D eigenvalue weighted by atomic mass is 35.5. The highest BCUT2D eigenvalue weighted by Gasteiger charge is 2.17. The maximum atomic E-state index is 11.5. The maximum absolute atomic E-state index is 11.5. The Morgan fingerprint density at radius 3 is 2.40 bits per heavy atom. The molecule has 0 saturated heterocycles. The van der Waals surface area contributed by atoms with Crippen LogP contribution >= 0.6 is 23.2 Å². The van der Waals surface area contributed by atoms with Crippen molar-refractivity contribution in [2.24, 2.45) is 0 Å². The van der Waals surface area contributed by atoms with Crippen molar-refractivity contribution in [2.75, 3.05) is 20.3 Å². The number of carbonyl (C=O) groups is 2. The van der Waals surface area contributed by atoms with Gasteiger partial charge in [0.1, 0.15) is 5.75 Å². The minimum atomic E-state index is -1.16. The molecule has 1 aromatic carbocycles. The second-order valence-electron chi connectivity index (χ2n) is 3.76. The van der Waals surface area contributed by atoms with E-state index in [-0.39, 0.29) is 13.2 Å². The van der Waals surface area contributed by atoms with Crippen molar-refractivity contribution in [1.82, 2.24) is 5.32 Å². The lowest BCUT2D eigenvalue weighted by atomic mass is 10.3. The van der Waals surface area contributed by atoms with Crippen LogP contribution in [0.1, 0.15) is 0 Å². The molecule has 0 aromatic heterocycles. The zero-order valence-corrected chi connectivity index (χ0v) is 12.1. The average Bonchev–Trinajstić information content (AvgIpc) is 2.35. The van der Waals surface area contributed by atoms with Gasteiger partial charge < -0.3 is 19.9 Å². The van der Waals surface area contributed by atoms with Crippen molar-refractivity contribution in [3.8, 4) is 5.75 Å². The number of hydrogen-bond acceptors (Lipinski definition) is 4. The van der Waals surface area contributed by atoms with Crippen LogP contribution in [0.5, 0.6) is 5.75 Å². The molecule has 0 aliphatic carbocycles. The SMILES string of the molecule is COC(CNC(=O)COc1cc(Cl)cc(Cl)c1)C(=O)O. The molecular weight excluding hydrogens is 309 g/mol. The van der Waals surface area contributed by atoms with Gasteiger partial charge in [0.05, 0.1) is 6.54 Å². The van der Waals surface area contributed by atoms with E-state index in [1.165, 1.54) is 25.3 Å². The lowest BCUT2D eigenvalue weighted by Gasteiger charge is -2.12. The average molecular weight is 322 g/mol. The molecule has 0 fully saturated rings.